The summed E-state index contributed by atoms with van der Waals surface area (Å²) in [4.78, 5) is -0.241. The smallest absolute Gasteiger partial charge is 0.264 e. The van der Waals surface area contributed by atoms with Crippen LogP contribution in [-0.4, -0.2) is 23.2 Å². The van der Waals surface area contributed by atoms with Gasteiger partial charge in [0.2, 0.25) is 5.13 Å². The van der Waals surface area contributed by atoms with Crippen LogP contribution in [0.2, 0.25) is 0 Å². The molecule has 3 N–H and O–H groups in total. The predicted octanol–water partition coefficient (Wildman–Crippen LogP) is 0.764. The molecule has 0 saturated carbocycles. The van der Waals surface area contributed by atoms with Crippen molar-refractivity contribution in [2.75, 3.05) is 10.5 Å². The topological polar surface area (TPSA) is 111 Å². The third-order valence-electron chi connectivity index (χ3n) is 2.13. The van der Waals surface area contributed by atoms with Crippen molar-refractivity contribution in [1.82, 2.24) is 14.8 Å². The Labute approximate surface area is 106 Å². The number of sulfonamides is 1. The maximum Gasteiger partial charge on any atom is 0.264 e. The highest BCUT2D eigenvalue weighted by Gasteiger charge is 2.21. The zero-order valence-electron chi connectivity index (χ0n) is 9.08. The Hall–Kier alpha value is -1.81. The average molecular weight is 289 g/mol. The van der Waals surface area contributed by atoms with E-state index in [2.05, 4.69) is 19.5 Å². The first-order valence-electron chi connectivity index (χ1n) is 4.63. The van der Waals surface area contributed by atoms with Gasteiger partial charge in [-0.1, -0.05) is 9.59 Å². The lowest BCUT2D eigenvalue weighted by Crippen LogP contribution is -2.15. The van der Waals surface area contributed by atoms with Crippen molar-refractivity contribution in [3.63, 3.8) is 0 Å². The molecule has 1 heterocycles. The fraction of sp³-hybridized carbons (Fsp3) is 0.125. The van der Waals surface area contributed by atoms with E-state index in [9.17, 15) is 12.8 Å². The summed E-state index contributed by atoms with van der Waals surface area (Å²) in [7, 11) is -3.96. The average Bonchev–Trinajstić information content (AvgIpc) is 2.75. The van der Waals surface area contributed by atoms with Crippen molar-refractivity contribution in [2.24, 2.45) is 0 Å². The molecule has 0 spiro atoms. The van der Waals surface area contributed by atoms with E-state index >= 15 is 0 Å². The molecule has 0 bridgehead atoms. The van der Waals surface area contributed by atoms with Crippen molar-refractivity contribution in [2.45, 2.75) is 11.8 Å². The molecule has 0 amide bonds. The molecule has 7 nitrogen and oxygen atoms in total. The minimum atomic E-state index is -3.96. The summed E-state index contributed by atoms with van der Waals surface area (Å²) in [6.45, 7) is 1.35. The van der Waals surface area contributed by atoms with Crippen LogP contribution >= 0.6 is 11.5 Å². The Morgan fingerprint density at radius 1 is 1.44 bits per heavy atom. The monoisotopic (exact) mass is 289 g/mol. The van der Waals surface area contributed by atoms with Gasteiger partial charge in [0.1, 0.15) is 5.82 Å². The summed E-state index contributed by atoms with van der Waals surface area (Å²) in [6, 6.07) is 2.23. The van der Waals surface area contributed by atoms with E-state index in [1.54, 1.807) is 0 Å². The molecule has 1 aromatic heterocycles. The van der Waals surface area contributed by atoms with Gasteiger partial charge in [0.05, 0.1) is 4.90 Å². The van der Waals surface area contributed by atoms with Gasteiger partial charge < -0.3 is 5.73 Å². The Morgan fingerprint density at radius 2 is 2.17 bits per heavy atom. The van der Waals surface area contributed by atoms with Crippen LogP contribution in [0.3, 0.4) is 0 Å². The van der Waals surface area contributed by atoms with Crippen LogP contribution in [-0.2, 0) is 10.0 Å². The molecular formula is C8H8FN5O2S2. The number of nitrogens with two attached hydrogens (primary N) is 1. The second kappa shape index (κ2) is 4.46. The van der Waals surface area contributed by atoms with Crippen LogP contribution in [0.5, 0.6) is 0 Å². The summed E-state index contributed by atoms with van der Waals surface area (Å²) in [5, 5.41) is 6.69. The first kappa shape index (κ1) is 12.6. The number of aromatic nitrogens is 3. The normalized spacial score (nSPS) is 11.4. The lowest BCUT2D eigenvalue weighted by atomic mass is 10.2. The summed E-state index contributed by atoms with van der Waals surface area (Å²) < 4.78 is 43.0. The highest BCUT2D eigenvalue weighted by Crippen LogP contribution is 2.24. The molecule has 10 heteroatoms. The van der Waals surface area contributed by atoms with Gasteiger partial charge in [-0.3, -0.25) is 4.72 Å². The Morgan fingerprint density at radius 3 is 2.78 bits per heavy atom. The van der Waals surface area contributed by atoms with Crippen LogP contribution in [0.15, 0.2) is 17.0 Å². The maximum atomic E-state index is 13.4. The Kier molecular flexibility index (Phi) is 3.13. The maximum absolute atomic E-state index is 13.4. The van der Waals surface area contributed by atoms with Gasteiger partial charge in [0.25, 0.3) is 10.0 Å². The lowest BCUT2D eigenvalue weighted by Gasteiger charge is -2.09. The molecule has 0 aliphatic carbocycles. The number of anilines is 2. The molecule has 0 unspecified atom stereocenters. The third-order valence-corrected chi connectivity index (χ3v) is 4.24. The van der Waals surface area contributed by atoms with Gasteiger partial charge in [-0.25, -0.2) is 12.8 Å². The minimum Gasteiger partial charge on any atom is -0.399 e. The number of hydrogen-bond acceptors (Lipinski definition) is 7. The summed E-state index contributed by atoms with van der Waals surface area (Å²) >= 11 is 0.771. The number of benzene rings is 1. The molecule has 0 atom stereocenters. The highest BCUT2D eigenvalue weighted by molar-refractivity contribution is 7.93. The molecule has 0 radical (unpaired) electrons. The van der Waals surface area contributed by atoms with E-state index in [0.717, 1.165) is 17.6 Å². The molecule has 0 saturated heterocycles. The van der Waals surface area contributed by atoms with Crippen molar-refractivity contribution in [3.05, 3.63) is 23.5 Å². The van der Waals surface area contributed by atoms with Gasteiger partial charge in [-0.05, 0) is 24.3 Å². The van der Waals surface area contributed by atoms with E-state index in [-0.39, 0.29) is 21.3 Å². The van der Waals surface area contributed by atoms with E-state index in [1.807, 2.05) is 0 Å². The van der Waals surface area contributed by atoms with E-state index < -0.39 is 15.8 Å². The number of nitrogen functional groups attached to an aromatic ring is 1. The molecule has 2 rings (SSSR count). The number of hydrogen-bond donors (Lipinski definition) is 2. The van der Waals surface area contributed by atoms with Crippen molar-refractivity contribution in [1.29, 1.82) is 0 Å². The van der Waals surface area contributed by atoms with Crippen molar-refractivity contribution < 1.29 is 12.8 Å². The second-order valence-corrected chi connectivity index (χ2v) is 5.78. The van der Waals surface area contributed by atoms with Crippen molar-refractivity contribution in [3.8, 4) is 0 Å². The van der Waals surface area contributed by atoms with E-state index in [1.165, 1.54) is 13.0 Å². The summed E-state index contributed by atoms with van der Waals surface area (Å²) in [6.07, 6.45) is 0. The van der Waals surface area contributed by atoms with Crippen molar-refractivity contribution >= 4 is 32.4 Å². The fourth-order valence-electron chi connectivity index (χ4n) is 1.30. The van der Waals surface area contributed by atoms with Crippen LogP contribution in [0.4, 0.5) is 15.2 Å². The first-order valence-corrected chi connectivity index (χ1v) is 6.89. The van der Waals surface area contributed by atoms with Gasteiger partial charge in [-0.15, -0.1) is 0 Å². The van der Waals surface area contributed by atoms with E-state index in [0.29, 0.717) is 0 Å². The lowest BCUT2D eigenvalue weighted by molar-refractivity contribution is 0.591. The van der Waals surface area contributed by atoms with Crippen LogP contribution in [0.25, 0.3) is 0 Å². The molecule has 18 heavy (non-hydrogen) atoms. The molecule has 1 aromatic carbocycles. The predicted molar refractivity (Wildman–Crippen MR) is 64.1 cm³/mol. The standard InChI is InChI=1S/C8H8FN5O2S2/c1-4-6(9)2-5(10)3-7(4)18(15,16)12-8-11-13-14-17-8/h2-3H,10H2,1H3,(H,11,12,14). The zero-order chi connectivity index (χ0) is 13.3. The number of rotatable bonds is 3. The number of nitrogens with one attached hydrogen (secondary N) is 1. The van der Waals surface area contributed by atoms with Crippen LogP contribution in [0.1, 0.15) is 5.56 Å². The largest absolute Gasteiger partial charge is 0.399 e. The minimum absolute atomic E-state index is 0.00256. The molecule has 2 aromatic rings. The quantitative estimate of drug-likeness (QED) is 0.807. The van der Waals surface area contributed by atoms with Gasteiger partial charge >= 0.3 is 0 Å². The number of nitrogens with zero attached hydrogens (tertiary/aromatic N) is 3. The zero-order valence-corrected chi connectivity index (χ0v) is 10.7. The van der Waals surface area contributed by atoms with Gasteiger partial charge in [0.15, 0.2) is 0 Å². The van der Waals surface area contributed by atoms with Gasteiger partial charge in [-0.2, -0.15) is 0 Å². The number of halogens is 1. The Bertz CT molecular complexity index is 671. The van der Waals surface area contributed by atoms with Crippen LogP contribution < -0.4 is 10.5 Å². The van der Waals surface area contributed by atoms with E-state index in [4.69, 9.17) is 5.73 Å². The van der Waals surface area contributed by atoms with Gasteiger partial charge in [0, 0.05) is 22.8 Å². The second-order valence-electron chi connectivity index (χ2n) is 3.40. The third kappa shape index (κ3) is 2.38. The molecule has 0 aliphatic heterocycles. The fourth-order valence-corrected chi connectivity index (χ4v) is 3.17. The summed E-state index contributed by atoms with van der Waals surface area (Å²) in [5.74, 6) is -0.689. The molecular weight excluding hydrogens is 281 g/mol. The molecule has 0 aliphatic rings. The molecule has 96 valence electrons. The Balaban J connectivity index is 2.48. The SMILES string of the molecule is Cc1c(F)cc(N)cc1S(=O)(=O)Nc1nnns1. The first-order chi connectivity index (χ1) is 8.40. The molecule has 0 fully saturated rings. The highest BCUT2D eigenvalue weighted by atomic mass is 32.2. The summed E-state index contributed by atoms with van der Waals surface area (Å²) in [5.41, 5.74) is 5.43. The van der Waals surface area contributed by atoms with Crippen LogP contribution in [0, 0.1) is 12.7 Å².